The summed E-state index contributed by atoms with van der Waals surface area (Å²) in [5, 5.41) is 12.6. The van der Waals surface area contributed by atoms with E-state index in [9.17, 15) is 5.11 Å². The summed E-state index contributed by atoms with van der Waals surface area (Å²) < 4.78 is 0. The zero-order chi connectivity index (χ0) is 13.0. The van der Waals surface area contributed by atoms with Crippen molar-refractivity contribution in [3.63, 3.8) is 0 Å². The number of hydrogen-bond donors (Lipinski definition) is 2. The van der Waals surface area contributed by atoms with Crippen LogP contribution >= 0.6 is 0 Å². The molecule has 0 aromatic heterocycles. The fraction of sp³-hybridized carbons (Fsp3) is 1.00. The molecule has 0 aromatic carbocycles. The molecule has 0 radical (unpaired) electrons. The highest BCUT2D eigenvalue weighted by Gasteiger charge is 2.34. The van der Waals surface area contributed by atoms with Gasteiger partial charge >= 0.3 is 0 Å². The molecule has 2 N–H and O–H groups in total. The summed E-state index contributed by atoms with van der Waals surface area (Å²) in [5.74, 6) is 0.993. The Morgan fingerprint density at radius 2 is 2.06 bits per heavy atom. The summed E-state index contributed by atoms with van der Waals surface area (Å²) >= 11 is 0. The Morgan fingerprint density at radius 1 is 1.28 bits per heavy atom. The first-order valence-electron chi connectivity index (χ1n) is 7.72. The van der Waals surface area contributed by atoms with Crippen LogP contribution in [0.4, 0.5) is 0 Å². The van der Waals surface area contributed by atoms with Crippen LogP contribution in [0.2, 0.25) is 0 Å². The number of likely N-dealkylation sites (N-methyl/N-ethyl adjacent to an activating group) is 1. The van der Waals surface area contributed by atoms with Crippen LogP contribution in [-0.4, -0.2) is 48.3 Å². The standard InChI is InChI=1S/C15H30N2O/c1-15(12-18,16-2)9-5-11-17-10-4-7-13-6-3-8-14(13)17/h13-14,16,18H,3-12H2,1-2H3. The van der Waals surface area contributed by atoms with E-state index in [2.05, 4.69) is 17.1 Å². The summed E-state index contributed by atoms with van der Waals surface area (Å²) in [5.41, 5.74) is -0.0924. The number of rotatable bonds is 6. The number of aliphatic hydroxyl groups excluding tert-OH is 1. The highest BCUT2D eigenvalue weighted by Crippen LogP contribution is 2.36. The average Bonchev–Trinajstić information content (AvgIpc) is 2.87. The monoisotopic (exact) mass is 254 g/mol. The summed E-state index contributed by atoms with van der Waals surface area (Å²) in [6, 6.07) is 0.883. The lowest BCUT2D eigenvalue weighted by Crippen LogP contribution is -2.46. The second-order valence-electron chi connectivity index (χ2n) is 6.51. The molecule has 0 aromatic rings. The Bertz CT molecular complexity index is 253. The van der Waals surface area contributed by atoms with Crippen LogP contribution in [-0.2, 0) is 0 Å². The van der Waals surface area contributed by atoms with E-state index in [1.165, 1.54) is 51.6 Å². The number of nitrogens with one attached hydrogen (secondary N) is 1. The lowest BCUT2D eigenvalue weighted by molar-refractivity contribution is 0.103. The Labute approximate surface area is 112 Å². The summed E-state index contributed by atoms with van der Waals surface area (Å²) in [4.78, 5) is 2.73. The first-order chi connectivity index (χ1) is 8.68. The molecule has 1 heterocycles. The van der Waals surface area contributed by atoms with Gasteiger partial charge in [0.2, 0.25) is 0 Å². The zero-order valence-corrected chi connectivity index (χ0v) is 12.1. The van der Waals surface area contributed by atoms with Gasteiger partial charge in [0.15, 0.2) is 0 Å². The second-order valence-corrected chi connectivity index (χ2v) is 6.51. The van der Waals surface area contributed by atoms with E-state index in [0.717, 1.165) is 18.4 Å². The van der Waals surface area contributed by atoms with Gasteiger partial charge in [0, 0.05) is 11.6 Å². The number of fused-ring (bicyclic) bond motifs is 1. The maximum absolute atomic E-state index is 9.40. The predicted octanol–water partition coefficient (Wildman–Crippen LogP) is 2.00. The molecule has 3 unspecified atom stereocenters. The van der Waals surface area contributed by atoms with Gasteiger partial charge in [-0.15, -0.1) is 0 Å². The molecule has 3 heteroatoms. The lowest BCUT2D eigenvalue weighted by Gasteiger charge is -2.38. The fourth-order valence-corrected chi connectivity index (χ4v) is 3.79. The predicted molar refractivity (Wildman–Crippen MR) is 75.7 cm³/mol. The van der Waals surface area contributed by atoms with Crippen molar-refractivity contribution >= 4 is 0 Å². The van der Waals surface area contributed by atoms with Crippen molar-refractivity contribution in [2.24, 2.45) is 5.92 Å². The first-order valence-corrected chi connectivity index (χ1v) is 7.72. The molecule has 0 spiro atoms. The first kappa shape index (κ1) is 14.3. The van der Waals surface area contributed by atoms with E-state index in [4.69, 9.17) is 0 Å². The smallest absolute Gasteiger partial charge is 0.0610 e. The largest absolute Gasteiger partial charge is 0.394 e. The Morgan fingerprint density at radius 3 is 2.78 bits per heavy atom. The quantitative estimate of drug-likeness (QED) is 0.761. The van der Waals surface area contributed by atoms with Gasteiger partial charge in [0.1, 0.15) is 0 Å². The topological polar surface area (TPSA) is 35.5 Å². The van der Waals surface area contributed by atoms with Crippen LogP contribution in [0.15, 0.2) is 0 Å². The zero-order valence-electron chi connectivity index (χ0n) is 12.1. The van der Waals surface area contributed by atoms with Crippen molar-refractivity contribution < 1.29 is 5.11 Å². The molecule has 1 saturated heterocycles. The molecule has 18 heavy (non-hydrogen) atoms. The molecule has 2 rings (SSSR count). The minimum absolute atomic E-state index is 0.0924. The summed E-state index contributed by atoms with van der Waals surface area (Å²) in [6.07, 6.45) is 9.45. The van der Waals surface area contributed by atoms with Gasteiger partial charge in [-0.05, 0) is 71.5 Å². The number of nitrogens with zero attached hydrogens (tertiary/aromatic N) is 1. The highest BCUT2D eigenvalue weighted by molar-refractivity contribution is 4.89. The van der Waals surface area contributed by atoms with Crippen molar-refractivity contribution in [1.82, 2.24) is 10.2 Å². The summed E-state index contributed by atoms with van der Waals surface area (Å²) in [6.45, 7) is 4.87. The Kier molecular flexibility index (Phi) is 5.05. The van der Waals surface area contributed by atoms with E-state index in [0.29, 0.717) is 0 Å². The van der Waals surface area contributed by atoms with E-state index in [1.807, 2.05) is 7.05 Å². The van der Waals surface area contributed by atoms with Gasteiger partial charge in [-0.1, -0.05) is 6.42 Å². The van der Waals surface area contributed by atoms with Gasteiger partial charge in [0.05, 0.1) is 6.61 Å². The van der Waals surface area contributed by atoms with Gasteiger partial charge in [0.25, 0.3) is 0 Å². The lowest BCUT2D eigenvalue weighted by atomic mass is 9.91. The Hall–Kier alpha value is -0.120. The summed E-state index contributed by atoms with van der Waals surface area (Å²) in [7, 11) is 1.95. The Balaban J connectivity index is 1.76. The highest BCUT2D eigenvalue weighted by atomic mass is 16.3. The third kappa shape index (κ3) is 3.25. The minimum Gasteiger partial charge on any atom is -0.394 e. The number of likely N-dealkylation sites (tertiary alicyclic amines) is 1. The van der Waals surface area contributed by atoms with E-state index >= 15 is 0 Å². The number of hydrogen-bond acceptors (Lipinski definition) is 3. The molecular weight excluding hydrogens is 224 g/mol. The third-order valence-corrected chi connectivity index (χ3v) is 5.23. The number of aliphatic hydroxyl groups is 1. The molecule has 0 bridgehead atoms. The molecule has 1 saturated carbocycles. The van der Waals surface area contributed by atoms with Gasteiger partial charge in [-0.25, -0.2) is 0 Å². The number of piperidine rings is 1. The van der Waals surface area contributed by atoms with E-state index < -0.39 is 0 Å². The SMILES string of the molecule is CNC(C)(CO)CCCN1CCCC2CCCC21. The molecule has 3 atom stereocenters. The normalized spacial score (nSPS) is 32.2. The molecule has 2 aliphatic rings. The van der Waals surface area contributed by atoms with Gasteiger partial charge in [-0.2, -0.15) is 0 Å². The fourth-order valence-electron chi connectivity index (χ4n) is 3.79. The van der Waals surface area contributed by atoms with Crippen LogP contribution in [0.25, 0.3) is 0 Å². The van der Waals surface area contributed by atoms with Crippen LogP contribution in [0, 0.1) is 5.92 Å². The molecule has 0 amide bonds. The maximum atomic E-state index is 9.40. The van der Waals surface area contributed by atoms with Crippen LogP contribution < -0.4 is 5.32 Å². The maximum Gasteiger partial charge on any atom is 0.0610 e. The van der Waals surface area contributed by atoms with Crippen molar-refractivity contribution in [3.05, 3.63) is 0 Å². The van der Waals surface area contributed by atoms with Crippen molar-refractivity contribution in [1.29, 1.82) is 0 Å². The molecular formula is C15H30N2O. The van der Waals surface area contributed by atoms with Gasteiger partial charge in [-0.3, -0.25) is 0 Å². The van der Waals surface area contributed by atoms with E-state index in [-0.39, 0.29) is 12.1 Å². The van der Waals surface area contributed by atoms with Crippen LogP contribution in [0.1, 0.15) is 51.9 Å². The van der Waals surface area contributed by atoms with Crippen molar-refractivity contribution in [2.45, 2.75) is 63.5 Å². The van der Waals surface area contributed by atoms with Gasteiger partial charge < -0.3 is 15.3 Å². The van der Waals surface area contributed by atoms with Crippen molar-refractivity contribution in [2.75, 3.05) is 26.7 Å². The molecule has 1 aliphatic heterocycles. The van der Waals surface area contributed by atoms with E-state index in [1.54, 1.807) is 0 Å². The third-order valence-electron chi connectivity index (χ3n) is 5.23. The van der Waals surface area contributed by atoms with Crippen LogP contribution in [0.5, 0.6) is 0 Å². The second kappa shape index (κ2) is 6.36. The van der Waals surface area contributed by atoms with Crippen LogP contribution in [0.3, 0.4) is 0 Å². The average molecular weight is 254 g/mol. The van der Waals surface area contributed by atoms with Crippen molar-refractivity contribution in [3.8, 4) is 0 Å². The molecule has 1 aliphatic carbocycles. The molecule has 2 fully saturated rings. The minimum atomic E-state index is -0.0924. The molecule has 106 valence electrons. The molecule has 3 nitrogen and oxygen atoms in total.